The Kier molecular flexibility index (Phi) is 5.41. The van der Waals surface area contributed by atoms with Crippen LogP contribution in [0.3, 0.4) is 0 Å². The second kappa shape index (κ2) is 7.59. The molecule has 0 spiro atoms. The average molecular weight is 386 g/mol. The van der Waals surface area contributed by atoms with Crippen molar-refractivity contribution in [2.75, 3.05) is 21.1 Å². The minimum atomic E-state index is -3.47. The molecule has 1 N–H and O–H groups in total. The van der Waals surface area contributed by atoms with Gasteiger partial charge in [0.05, 0.1) is 22.3 Å². The number of nitrogens with zero attached hydrogens (tertiary/aromatic N) is 3. The molecule has 0 aliphatic carbocycles. The molecule has 1 aromatic heterocycles. The molecule has 0 amide bonds. The molecule has 0 aliphatic rings. The Morgan fingerprint density at radius 2 is 1.74 bits per heavy atom. The summed E-state index contributed by atoms with van der Waals surface area (Å²) in [6, 6.07) is 14.1. The zero-order valence-electron chi connectivity index (χ0n) is 15.5. The number of aromatic nitrogens is 2. The number of benzene rings is 2. The number of nitrogens with one attached hydrogen (secondary N) is 1. The number of hydrogen-bond donors (Lipinski definition) is 1. The molecule has 8 heteroatoms. The van der Waals surface area contributed by atoms with E-state index in [0.717, 1.165) is 5.56 Å². The van der Waals surface area contributed by atoms with E-state index in [2.05, 4.69) is 9.97 Å². The predicted octanol–water partition coefficient (Wildman–Crippen LogP) is 1.81. The van der Waals surface area contributed by atoms with Gasteiger partial charge in [0.2, 0.25) is 10.0 Å². The van der Waals surface area contributed by atoms with Gasteiger partial charge < -0.3 is 4.98 Å². The third-order valence-electron chi connectivity index (χ3n) is 4.21. The number of aromatic amines is 1. The first kappa shape index (κ1) is 19.2. The summed E-state index contributed by atoms with van der Waals surface area (Å²) in [5, 5.41) is 0.561. The molecule has 1 heterocycles. The van der Waals surface area contributed by atoms with Crippen LogP contribution in [-0.4, -0.2) is 48.7 Å². The third kappa shape index (κ3) is 4.24. The van der Waals surface area contributed by atoms with Crippen LogP contribution in [0.2, 0.25) is 0 Å². The Bertz CT molecular complexity index is 1120. The fraction of sp³-hybridized carbons (Fsp3) is 0.263. The van der Waals surface area contributed by atoms with Gasteiger partial charge in [0.15, 0.2) is 0 Å². The SMILES string of the molecule is CN(Cc1cccc(S(=O)(=O)N(C)C)c1)Cc1nc2ccccc2c(=O)[nH]1. The maximum Gasteiger partial charge on any atom is 0.258 e. The van der Waals surface area contributed by atoms with E-state index in [1.54, 1.807) is 30.3 Å². The molecule has 0 radical (unpaired) electrons. The third-order valence-corrected chi connectivity index (χ3v) is 6.02. The number of fused-ring (bicyclic) bond motifs is 1. The molecular formula is C19H22N4O3S. The van der Waals surface area contributed by atoms with Crippen LogP contribution in [0.25, 0.3) is 10.9 Å². The molecule has 0 unspecified atom stereocenters. The highest BCUT2D eigenvalue weighted by atomic mass is 32.2. The van der Waals surface area contributed by atoms with Crippen LogP contribution in [-0.2, 0) is 23.1 Å². The molecule has 0 fully saturated rings. The maximum atomic E-state index is 12.3. The van der Waals surface area contributed by atoms with Crippen molar-refractivity contribution in [3.05, 3.63) is 70.3 Å². The summed E-state index contributed by atoms with van der Waals surface area (Å²) in [5.41, 5.74) is 1.36. The van der Waals surface area contributed by atoms with Crippen LogP contribution >= 0.6 is 0 Å². The predicted molar refractivity (Wildman–Crippen MR) is 105 cm³/mol. The first-order valence-corrected chi connectivity index (χ1v) is 9.89. The van der Waals surface area contributed by atoms with Gasteiger partial charge in [-0.2, -0.15) is 0 Å². The van der Waals surface area contributed by atoms with Gasteiger partial charge in [-0.15, -0.1) is 0 Å². The largest absolute Gasteiger partial charge is 0.309 e. The number of rotatable bonds is 6. The maximum absolute atomic E-state index is 12.3. The van der Waals surface area contributed by atoms with Crippen molar-refractivity contribution in [2.24, 2.45) is 0 Å². The summed E-state index contributed by atoms with van der Waals surface area (Å²) < 4.78 is 25.8. The first-order valence-electron chi connectivity index (χ1n) is 8.45. The second-order valence-corrected chi connectivity index (χ2v) is 8.79. The molecule has 0 atom stereocenters. The Morgan fingerprint density at radius 3 is 2.48 bits per heavy atom. The lowest BCUT2D eigenvalue weighted by Crippen LogP contribution is -2.23. The molecule has 27 heavy (non-hydrogen) atoms. The van der Waals surface area contributed by atoms with Crippen molar-refractivity contribution < 1.29 is 8.42 Å². The monoisotopic (exact) mass is 386 g/mol. The molecule has 3 rings (SSSR count). The number of H-pyrrole nitrogens is 1. The molecule has 7 nitrogen and oxygen atoms in total. The van der Waals surface area contributed by atoms with Crippen molar-refractivity contribution in [1.82, 2.24) is 19.2 Å². The Labute approximate surface area is 158 Å². The van der Waals surface area contributed by atoms with Crippen molar-refractivity contribution >= 4 is 20.9 Å². The van der Waals surface area contributed by atoms with Gasteiger partial charge in [0.25, 0.3) is 5.56 Å². The molecule has 0 bridgehead atoms. The first-order chi connectivity index (χ1) is 12.8. The van der Waals surface area contributed by atoms with E-state index in [4.69, 9.17) is 0 Å². The van der Waals surface area contributed by atoms with E-state index in [0.29, 0.717) is 29.8 Å². The van der Waals surface area contributed by atoms with Gasteiger partial charge in [0, 0.05) is 20.6 Å². The Hall–Kier alpha value is -2.55. The smallest absolute Gasteiger partial charge is 0.258 e. The van der Waals surface area contributed by atoms with Crippen molar-refractivity contribution in [3.8, 4) is 0 Å². The summed E-state index contributed by atoms with van der Waals surface area (Å²) in [5.74, 6) is 0.568. The average Bonchev–Trinajstić information content (AvgIpc) is 2.61. The van der Waals surface area contributed by atoms with Crippen LogP contribution in [0.1, 0.15) is 11.4 Å². The molecule has 0 saturated carbocycles. The summed E-state index contributed by atoms with van der Waals surface area (Å²) in [6.07, 6.45) is 0. The normalized spacial score (nSPS) is 12.2. The summed E-state index contributed by atoms with van der Waals surface area (Å²) >= 11 is 0. The molecule has 2 aromatic carbocycles. The minimum absolute atomic E-state index is 0.164. The Morgan fingerprint density at radius 1 is 1.00 bits per heavy atom. The van der Waals surface area contributed by atoms with Crippen LogP contribution in [0, 0.1) is 0 Å². The zero-order chi connectivity index (χ0) is 19.6. The molecular weight excluding hydrogens is 364 g/mol. The Balaban J connectivity index is 1.79. The quantitative estimate of drug-likeness (QED) is 0.698. The van der Waals surface area contributed by atoms with E-state index >= 15 is 0 Å². The highest BCUT2D eigenvalue weighted by Gasteiger charge is 2.17. The van der Waals surface area contributed by atoms with Crippen molar-refractivity contribution in [1.29, 1.82) is 0 Å². The molecule has 3 aromatic rings. The topological polar surface area (TPSA) is 86.4 Å². The van der Waals surface area contributed by atoms with Gasteiger partial charge in [0.1, 0.15) is 5.82 Å². The molecule has 0 saturated heterocycles. The van der Waals surface area contributed by atoms with Gasteiger partial charge in [-0.25, -0.2) is 17.7 Å². The lowest BCUT2D eigenvalue weighted by atomic mass is 10.2. The van der Waals surface area contributed by atoms with Gasteiger partial charge in [-0.05, 0) is 36.9 Å². The minimum Gasteiger partial charge on any atom is -0.309 e. The number of sulfonamides is 1. The second-order valence-electron chi connectivity index (χ2n) is 6.64. The summed E-state index contributed by atoms with van der Waals surface area (Å²) in [7, 11) is 1.44. The molecule has 142 valence electrons. The van der Waals surface area contributed by atoms with Crippen molar-refractivity contribution in [2.45, 2.75) is 18.0 Å². The van der Waals surface area contributed by atoms with E-state index in [-0.39, 0.29) is 10.5 Å². The zero-order valence-corrected chi connectivity index (χ0v) is 16.3. The van der Waals surface area contributed by atoms with E-state index in [1.807, 2.05) is 30.1 Å². The lowest BCUT2D eigenvalue weighted by molar-refractivity contribution is 0.310. The fourth-order valence-corrected chi connectivity index (χ4v) is 3.82. The highest BCUT2D eigenvalue weighted by Crippen LogP contribution is 2.16. The van der Waals surface area contributed by atoms with Gasteiger partial charge >= 0.3 is 0 Å². The molecule has 0 aliphatic heterocycles. The van der Waals surface area contributed by atoms with E-state index in [9.17, 15) is 13.2 Å². The van der Waals surface area contributed by atoms with Crippen molar-refractivity contribution in [3.63, 3.8) is 0 Å². The van der Waals surface area contributed by atoms with Crippen LogP contribution in [0.5, 0.6) is 0 Å². The van der Waals surface area contributed by atoms with Crippen LogP contribution < -0.4 is 5.56 Å². The summed E-state index contributed by atoms with van der Waals surface area (Å²) in [6.45, 7) is 0.956. The number of para-hydroxylation sites is 1. The standard InChI is InChI=1S/C19H22N4O3S/c1-22(2)27(25,26)15-8-6-7-14(11-15)12-23(3)13-18-20-17-10-5-4-9-16(17)19(24)21-18/h4-11H,12-13H2,1-3H3,(H,20,21,24). The van der Waals surface area contributed by atoms with Gasteiger partial charge in [-0.3, -0.25) is 9.69 Å². The van der Waals surface area contributed by atoms with Gasteiger partial charge in [-0.1, -0.05) is 24.3 Å². The van der Waals surface area contributed by atoms with Crippen LogP contribution in [0.4, 0.5) is 0 Å². The van der Waals surface area contributed by atoms with Crippen LogP contribution in [0.15, 0.2) is 58.2 Å². The van der Waals surface area contributed by atoms with E-state index in [1.165, 1.54) is 18.4 Å². The van der Waals surface area contributed by atoms with E-state index < -0.39 is 10.0 Å². The highest BCUT2D eigenvalue weighted by molar-refractivity contribution is 7.89. The summed E-state index contributed by atoms with van der Waals surface area (Å²) in [4.78, 5) is 21.7. The number of hydrogen-bond acceptors (Lipinski definition) is 5. The fourth-order valence-electron chi connectivity index (χ4n) is 2.85. The lowest BCUT2D eigenvalue weighted by Gasteiger charge is -2.17.